The number of alkyl halides is 1. The minimum absolute atomic E-state index is 0.111. The van der Waals surface area contributed by atoms with Crippen molar-refractivity contribution < 1.29 is 4.79 Å². The Balaban J connectivity index is 2.34. The fourth-order valence-electron chi connectivity index (χ4n) is 1.99. The van der Waals surface area contributed by atoms with Crippen LogP contribution in [0.1, 0.15) is 30.4 Å². The van der Waals surface area contributed by atoms with E-state index >= 15 is 0 Å². The Labute approximate surface area is 94.6 Å². The van der Waals surface area contributed by atoms with Crippen molar-refractivity contribution >= 4 is 23.2 Å². The number of hydrogen-bond donors (Lipinski definition) is 1. The number of carbonyl (C=O) groups excluding carboxylic acids is 1. The molecule has 0 bridgehead atoms. The Morgan fingerprint density at radius 3 is 3.07 bits per heavy atom. The molecule has 0 saturated heterocycles. The second kappa shape index (κ2) is 4.23. The van der Waals surface area contributed by atoms with E-state index in [1.54, 1.807) is 0 Å². The minimum Gasteiger partial charge on any atom is -0.326 e. The SMILES string of the molecule is C[C@H]1CC(=O)Nc2ccc(CCCl)cc21. The van der Waals surface area contributed by atoms with Gasteiger partial charge >= 0.3 is 0 Å². The standard InChI is InChI=1S/C12H14ClNO/c1-8-6-12(15)14-11-3-2-9(4-5-13)7-10(8)11/h2-3,7-8H,4-6H2,1H3,(H,14,15)/t8-/m0/s1. The average molecular weight is 224 g/mol. The summed E-state index contributed by atoms with van der Waals surface area (Å²) >= 11 is 5.71. The van der Waals surface area contributed by atoms with Gasteiger partial charge in [-0.3, -0.25) is 4.79 Å². The third kappa shape index (κ3) is 2.15. The third-order valence-electron chi connectivity index (χ3n) is 2.80. The van der Waals surface area contributed by atoms with Gasteiger partial charge < -0.3 is 5.32 Å². The highest BCUT2D eigenvalue weighted by Gasteiger charge is 2.21. The number of halogens is 1. The Kier molecular flexibility index (Phi) is 2.96. The van der Waals surface area contributed by atoms with Crippen LogP contribution in [0.15, 0.2) is 18.2 Å². The largest absolute Gasteiger partial charge is 0.326 e. The number of aryl methyl sites for hydroxylation is 1. The number of rotatable bonds is 2. The van der Waals surface area contributed by atoms with Crippen molar-refractivity contribution in [3.8, 4) is 0 Å². The van der Waals surface area contributed by atoms with Crippen LogP contribution in [0.5, 0.6) is 0 Å². The molecule has 1 aromatic carbocycles. The molecule has 1 aliphatic rings. The first-order valence-electron chi connectivity index (χ1n) is 5.19. The van der Waals surface area contributed by atoms with Crippen LogP contribution in [-0.4, -0.2) is 11.8 Å². The molecule has 2 nitrogen and oxygen atoms in total. The molecule has 0 spiro atoms. The van der Waals surface area contributed by atoms with Crippen LogP contribution >= 0.6 is 11.6 Å². The van der Waals surface area contributed by atoms with Crippen molar-refractivity contribution in [2.75, 3.05) is 11.2 Å². The number of fused-ring (bicyclic) bond motifs is 1. The first-order valence-corrected chi connectivity index (χ1v) is 5.73. The normalized spacial score (nSPS) is 19.6. The van der Waals surface area contributed by atoms with E-state index in [4.69, 9.17) is 11.6 Å². The summed E-state index contributed by atoms with van der Waals surface area (Å²) in [7, 11) is 0. The van der Waals surface area contributed by atoms with Gasteiger partial charge in [0.2, 0.25) is 5.91 Å². The third-order valence-corrected chi connectivity index (χ3v) is 2.98. The van der Waals surface area contributed by atoms with E-state index in [0.29, 0.717) is 18.2 Å². The Hall–Kier alpha value is -1.02. The summed E-state index contributed by atoms with van der Waals surface area (Å²) in [5, 5.41) is 2.89. The zero-order chi connectivity index (χ0) is 10.8. The van der Waals surface area contributed by atoms with E-state index < -0.39 is 0 Å². The van der Waals surface area contributed by atoms with E-state index in [2.05, 4.69) is 18.3 Å². The maximum Gasteiger partial charge on any atom is 0.224 e. The number of anilines is 1. The van der Waals surface area contributed by atoms with Gasteiger partial charge in [0.1, 0.15) is 0 Å². The van der Waals surface area contributed by atoms with Gasteiger partial charge in [-0.15, -0.1) is 11.6 Å². The Morgan fingerprint density at radius 2 is 2.33 bits per heavy atom. The maximum absolute atomic E-state index is 11.3. The fraction of sp³-hybridized carbons (Fsp3) is 0.417. The Bertz CT molecular complexity index is 389. The number of benzene rings is 1. The molecule has 1 atom stereocenters. The molecule has 2 rings (SSSR count). The van der Waals surface area contributed by atoms with Crippen LogP contribution in [0, 0.1) is 0 Å². The lowest BCUT2D eigenvalue weighted by Gasteiger charge is -2.23. The van der Waals surface area contributed by atoms with Crippen LogP contribution in [0.2, 0.25) is 0 Å². The monoisotopic (exact) mass is 223 g/mol. The summed E-state index contributed by atoms with van der Waals surface area (Å²) in [5.41, 5.74) is 3.43. The van der Waals surface area contributed by atoms with Gasteiger partial charge in [0.15, 0.2) is 0 Å². The van der Waals surface area contributed by atoms with Crippen molar-refractivity contribution in [3.05, 3.63) is 29.3 Å². The summed E-state index contributed by atoms with van der Waals surface area (Å²) in [6, 6.07) is 6.16. The average Bonchev–Trinajstić information content (AvgIpc) is 2.19. The predicted octanol–water partition coefficient (Wildman–Crippen LogP) is 2.91. The lowest BCUT2D eigenvalue weighted by Crippen LogP contribution is -2.21. The molecule has 1 amide bonds. The number of amides is 1. The smallest absolute Gasteiger partial charge is 0.224 e. The topological polar surface area (TPSA) is 29.1 Å². The second-order valence-electron chi connectivity index (χ2n) is 4.01. The van der Waals surface area contributed by atoms with E-state index in [1.165, 1.54) is 11.1 Å². The van der Waals surface area contributed by atoms with Gasteiger partial charge in [-0.2, -0.15) is 0 Å². The van der Waals surface area contributed by atoms with Gasteiger partial charge in [0.05, 0.1) is 0 Å². The lowest BCUT2D eigenvalue weighted by atomic mass is 9.90. The number of hydrogen-bond acceptors (Lipinski definition) is 1. The summed E-state index contributed by atoms with van der Waals surface area (Å²) in [4.78, 5) is 11.3. The predicted molar refractivity (Wildman–Crippen MR) is 62.5 cm³/mol. The maximum atomic E-state index is 11.3. The Morgan fingerprint density at radius 1 is 1.53 bits per heavy atom. The van der Waals surface area contributed by atoms with E-state index in [1.807, 2.05) is 12.1 Å². The summed E-state index contributed by atoms with van der Waals surface area (Å²) in [6.45, 7) is 2.09. The molecule has 80 valence electrons. The second-order valence-corrected chi connectivity index (χ2v) is 4.39. The number of nitrogens with one attached hydrogen (secondary N) is 1. The first kappa shape index (κ1) is 10.5. The van der Waals surface area contributed by atoms with E-state index in [0.717, 1.165) is 12.1 Å². The molecule has 0 radical (unpaired) electrons. The van der Waals surface area contributed by atoms with Crippen molar-refractivity contribution in [1.29, 1.82) is 0 Å². The molecule has 0 saturated carbocycles. The molecule has 1 aliphatic heterocycles. The van der Waals surface area contributed by atoms with Gasteiger partial charge in [-0.1, -0.05) is 19.1 Å². The highest BCUT2D eigenvalue weighted by atomic mass is 35.5. The van der Waals surface area contributed by atoms with E-state index in [9.17, 15) is 4.79 Å². The lowest BCUT2D eigenvalue weighted by molar-refractivity contribution is -0.116. The molecule has 3 heteroatoms. The summed E-state index contributed by atoms with van der Waals surface area (Å²) in [5.74, 6) is 1.06. The molecular formula is C12H14ClNO. The summed E-state index contributed by atoms with van der Waals surface area (Å²) in [6.07, 6.45) is 1.47. The van der Waals surface area contributed by atoms with Crippen LogP contribution in [0.4, 0.5) is 5.69 Å². The van der Waals surface area contributed by atoms with Gasteiger partial charge in [-0.05, 0) is 29.5 Å². The number of carbonyl (C=O) groups is 1. The van der Waals surface area contributed by atoms with Crippen molar-refractivity contribution in [2.45, 2.75) is 25.7 Å². The van der Waals surface area contributed by atoms with Crippen LogP contribution in [0.25, 0.3) is 0 Å². The van der Waals surface area contributed by atoms with Crippen molar-refractivity contribution in [1.82, 2.24) is 0 Å². The molecule has 15 heavy (non-hydrogen) atoms. The van der Waals surface area contributed by atoms with Crippen LogP contribution in [-0.2, 0) is 11.2 Å². The molecule has 0 fully saturated rings. The summed E-state index contributed by atoms with van der Waals surface area (Å²) < 4.78 is 0. The molecule has 0 unspecified atom stereocenters. The van der Waals surface area contributed by atoms with Gasteiger partial charge in [0, 0.05) is 18.0 Å². The molecular weight excluding hydrogens is 210 g/mol. The van der Waals surface area contributed by atoms with Crippen molar-refractivity contribution in [2.24, 2.45) is 0 Å². The van der Waals surface area contributed by atoms with Crippen LogP contribution in [0.3, 0.4) is 0 Å². The first-order chi connectivity index (χ1) is 7.20. The van der Waals surface area contributed by atoms with Gasteiger partial charge in [-0.25, -0.2) is 0 Å². The van der Waals surface area contributed by atoms with Gasteiger partial charge in [0.25, 0.3) is 0 Å². The quantitative estimate of drug-likeness (QED) is 0.768. The molecule has 1 heterocycles. The highest BCUT2D eigenvalue weighted by Crippen LogP contribution is 2.32. The fourth-order valence-corrected chi connectivity index (χ4v) is 2.21. The van der Waals surface area contributed by atoms with Crippen LogP contribution < -0.4 is 5.32 Å². The zero-order valence-corrected chi connectivity index (χ0v) is 9.47. The zero-order valence-electron chi connectivity index (χ0n) is 8.72. The minimum atomic E-state index is 0.111. The molecule has 0 aliphatic carbocycles. The van der Waals surface area contributed by atoms with E-state index in [-0.39, 0.29) is 5.91 Å². The highest BCUT2D eigenvalue weighted by molar-refractivity contribution is 6.18. The molecule has 1 N–H and O–H groups in total. The van der Waals surface area contributed by atoms with Crippen molar-refractivity contribution in [3.63, 3.8) is 0 Å². The molecule has 1 aromatic rings. The molecule has 0 aromatic heterocycles.